The van der Waals surface area contributed by atoms with E-state index in [0.717, 1.165) is 5.52 Å². The van der Waals surface area contributed by atoms with E-state index in [4.69, 9.17) is 20.9 Å². The van der Waals surface area contributed by atoms with E-state index in [1.54, 1.807) is 23.1 Å². The van der Waals surface area contributed by atoms with Gasteiger partial charge in [0.25, 0.3) is 0 Å². The number of hydrogen-bond acceptors (Lipinski definition) is 7. The van der Waals surface area contributed by atoms with E-state index in [0.29, 0.717) is 28.5 Å². The molecule has 1 unspecified atom stereocenters. The second-order valence-electron chi connectivity index (χ2n) is 6.85. The van der Waals surface area contributed by atoms with Gasteiger partial charge in [-0.3, -0.25) is 9.59 Å². The van der Waals surface area contributed by atoms with E-state index in [9.17, 15) is 9.59 Å². The zero-order chi connectivity index (χ0) is 21.4. The van der Waals surface area contributed by atoms with Crippen molar-refractivity contribution in [3.63, 3.8) is 0 Å². The number of Topliss-reactive ketones (excluding diaryl/α,β-unsaturated/α-hetero) is 1. The lowest BCUT2D eigenvalue weighted by Crippen LogP contribution is -2.39. The van der Waals surface area contributed by atoms with E-state index >= 15 is 0 Å². The summed E-state index contributed by atoms with van der Waals surface area (Å²) in [6.45, 7) is 0. The highest BCUT2D eigenvalue weighted by Gasteiger charge is 2.42. The Kier molecular flexibility index (Phi) is 4.78. The molecule has 0 radical (unpaired) electrons. The van der Waals surface area contributed by atoms with Gasteiger partial charge in [0.15, 0.2) is 5.78 Å². The molecule has 0 aliphatic carbocycles. The van der Waals surface area contributed by atoms with Gasteiger partial charge in [0.2, 0.25) is 5.91 Å². The molecule has 30 heavy (non-hydrogen) atoms. The van der Waals surface area contributed by atoms with Gasteiger partial charge in [-0.2, -0.15) is 0 Å². The smallest absolute Gasteiger partial charge is 0.219 e. The van der Waals surface area contributed by atoms with Crippen molar-refractivity contribution in [2.45, 2.75) is 12.5 Å². The number of fused-ring (bicyclic) bond motifs is 1. The number of aromatic nitrogens is 2. The highest BCUT2D eigenvalue weighted by Crippen LogP contribution is 2.38. The number of anilines is 1. The van der Waals surface area contributed by atoms with Crippen LogP contribution in [0.4, 0.5) is 5.69 Å². The van der Waals surface area contributed by atoms with Crippen molar-refractivity contribution in [3.05, 3.63) is 54.1 Å². The van der Waals surface area contributed by atoms with Crippen LogP contribution in [0.5, 0.6) is 11.5 Å². The Balaban J connectivity index is 1.88. The van der Waals surface area contributed by atoms with Crippen molar-refractivity contribution < 1.29 is 19.1 Å². The summed E-state index contributed by atoms with van der Waals surface area (Å²) in [6, 6.07) is 11.6. The van der Waals surface area contributed by atoms with Crippen LogP contribution in [-0.4, -0.2) is 41.9 Å². The van der Waals surface area contributed by atoms with Gasteiger partial charge in [-0.25, -0.2) is 4.98 Å². The molecule has 1 aliphatic heterocycles. The Morgan fingerprint density at radius 2 is 1.83 bits per heavy atom. The van der Waals surface area contributed by atoms with Crippen LogP contribution < -0.4 is 25.8 Å². The number of aromatic amines is 1. The van der Waals surface area contributed by atoms with Gasteiger partial charge in [0.1, 0.15) is 34.8 Å². The van der Waals surface area contributed by atoms with Crippen LogP contribution in [0.25, 0.3) is 16.6 Å². The average molecular weight is 407 g/mol. The number of hydrogen-bond donors (Lipinski definition) is 3. The van der Waals surface area contributed by atoms with E-state index in [2.05, 4.69) is 9.97 Å². The number of benzene rings is 2. The Hall–Kier alpha value is -4.01. The molecule has 1 aliphatic rings. The number of carbonyl (C=O) groups excluding carboxylic acids is 2. The maximum Gasteiger partial charge on any atom is 0.219 e. The first-order valence-electron chi connectivity index (χ1n) is 9.22. The predicted octanol–water partition coefficient (Wildman–Crippen LogP) is 1.54. The molecule has 9 nitrogen and oxygen atoms in total. The number of imidazole rings is 1. The Morgan fingerprint density at radius 3 is 2.43 bits per heavy atom. The van der Waals surface area contributed by atoms with Gasteiger partial charge in [0.05, 0.1) is 37.4 Å². The summed E-state index contributed by atoms with van der Waals surface area (Å²) >= 11 is 0. The molecule has 1 aromatic heterocycles. The number of ketones is 1. The summed E-state index contributed by atoms with van der Waals surface area (Å²) in [4.78, 5) is 34.2. The van der Waals surface area contributed by atoms with Crippen molar-refractivity contribution in [1.82, 2.24) is 9.97 Å². The Bertz CT molecular complexity index is 1130. The maximum absolute atomic E-state index is 13.3. The summed E-state index contributed by atoms with van der Waals surface area (Å²) in [5.74, 6) is 0.573. The fourth-order valence-corrected chi connectivity index (χ4v) is 3.63. The van der Waals surface area contributed by atoms with Crippen LogP contribution in [0.3, 0.4) is 0 Å². The number of nitrogens with one attached hydrogen (secondary N) is 1. The first-order chi connectivity index (χ1) is 14.4. The van der Waals surface area contributed by atoms with Gasteiger partial charge in [0, 0.05) is 18.2 Å². The van der Waals surface area contributed by atoms with E-state index in [-0.39, 0.29) is 23.6 Å². The molecular weight excluding hydrogens is 386 g/mol. The molecule has 4 rings (SSSR count). The molecule has 154 valence electrons. The number of nitrogens with zero attached hydrogens (tertiary/aromatic N) is 2. The SMILES string of the molecule is COc1cc(OC)cc(N2C(N)=C(c3nc4ccccc4[nH]3)C(=O)C2CC(N)=O)c1. The van der Waals surface area contributed by atoms with Crippen molar-refractivity contribution in [1.29, 1.82) is 0 Å². The quantitative estimate of drug-likeness (QED) is 0.564. The summed E-state index contributed by atoms with van der Waals surface area (Å²) < 4.78 is 10.7. The van der Waals surface area contributed by atoms with Crippen LogP contribution >= 0.6 is 0 Å². The third-order valence-electron chi connectivity index (χ3n) is 5.01. The van der Waals surface area contributed by atoms with Crippen molar-refractivity contribution in [2.75, 3.05) is 19.1 Å². The standard InChI is InChI=1S/C21H21N5O4/c1-29-12-7-11(8-13(9-12)30-2)26-16(10-17(22)27)19(28)18(20(26)23)21-24-14-5-3-4-6-15(14)25-21/h3-9,16H,10,23H2,1-2H3,(H2,22,27)(H,24,25). The third kappa shape index (κ3) is 3.20. The highest BCUT2D eigenvalue weighted by molar-refractivity contribution is 6.28. The molecule has 0 saturated carbocycles. The van der Waals surface area contributed by atoms with Crippen LogP contribution in [0, 0.1) is 0 Å². The molecule has 0 fully saturated rings. The van der Waals surface area contributed by atoms with Crippen LogP contribution in [0.2, 0.25) is 0 Å². The Labute approximate surface area is 172 Å². The molecule has 0 bridgehead atoms. The number of para-hydroxylation sites is 2. The largest absolute Gasteiger partial charge is 0.497 e. The second-order valence-corrected chi connectivity index (χ2v) is 6.85. The minimum atomic E-state index is -0.900. The molecule has 0 spiro atoms. The first-order valence-corrected chi connectivity index (χ1v) is 9.22. The van der Waals surface area contributed by atoms with Gasteiger partial charge >= 0.3 is 0 Å². The second kappa shape index (κ2) is 7.43. The maximum atomic E-state index is 13.3. The van der Waals surface area contributed by atoms with Crippen LogP contribution in [-0.2, 0) is 9.59 Å². The van der Waals surface area contributed by atoms with Gasteiger partial charge in [-0.15, -0.1) is 0 Å². The minimum absolute atomic E-state index is 0.167. The molecule has 1 amide bonds. The lowest BCUT2D eigenvalue weighted by atomic mass is 10.0. The zero-order valence-electron chi connectivity index (χ0n) is 16.5. The summed E-state index contributed by atoms with van der Waals surface area (Å²) in [5.41, 5.74) is 14.1. The van der Waals surface area contributed by atoms with E-state index in [1.807, 2.05) is 24.3 Å². The van der Waals surface area contributed by atoms with Gasteiger partial charge in [-0.1, -0.05) is 12.1 Å². The van der Waals surface area contributed by atoms with E-state index < -0.39 is 11.9 Å². The number of amides is 1. The highest BCUT2D eigenvalue weighted by atomic mass is 16.5. The third-order valence-corrected chi connectivity index (χ3v) is 5.01. The molecule has 1 atom stereocenters. The number of rotatable bonds is 6. The number of H-pyrrole nitrogens is 1. The lowest BCUT2D eigenvalue weighted by Gasteiger charge is -2.26. The number of carbonyl (C=O) groups is 2. The Morgan fingerprint density at radius 1 is 1.17 bits per heavy atom. The van der Waals surface area contributed by atoms with Gasteiger partial charge < -0.3 is 30.8 Å². The number of methoxy groups -OCH3 is 2. The lowest BCUT2D eigenvalue weighted by molar-refractivity contribution is -0.121. The minimum Gasteiger partial charge on any atom is -0.497 e. The number of ether oxygens (including phenoxy) is 2. The van der Waals surface area contributed by atoms with Crippen molar-refractivity contribution in [2.24, 2.45) is 11.5 Å². The zero-order valence-corrected chi connectivity index (χ0v) is 16.5. The molecule has 5 N–H and O–H groups in total. The summed E-state index contributed by atoms with van der Waals surface area (Å²) in [6.07, 6.45) is -0.206. The normalized spacial score (nSPS) is 16.4. The molecule has 2 heterocycles. The average Bonchev–Trinajstić information content (AvgIpc) is 3.25. The molecule has 9 heteroatoms. The fraction of sp³-hybridized carbons (Fsp3) is 0.190. The summed E-state index contributed by atoms with van der Waals surface area (Å²) in [7, 11) is 3.04. The molecule has 0 saturated heterocycles. The molecule has 3 aromatic rings. The van der Waals surface area contributed by atoms with E-state index in [1.165, 1.54) is 14.2 Å². The topological polar surface area (TPSA) is 137 Å². The number of nitrogens with two attached hydrogens (primary N) is 2. The molecule has 2 aromatic carbocycles. The van der Waals surface area contributed by atoms with Crippen LogP contribution in [0.15, 0.2) is 48.3 Å². The van der Waals surface area contributed by atoms with Crippen molar-refractivity contribution in [3.8, 4) is 11.5 Å². The summed E-state index contributed by atoms with van der Waals surface area (Å²) in [5, 5.41) is 0. The number of primary amides is 1. The molecular formula is C21H21N5O4. The predicted molar refractivity (Wildman–Crippen MR) is 112 cm³/mol. The monoisotopic (exact) mass is 407 g/mol. The fourth-order valence-electron chi connectivity index (χ4n) is 3.63. The van der Waals surface area contributed by atoms with Gasteiger partial charge in [-0.05, 0) is 12.1 Å². The van der Waals surface area contributed by atoms with Crippen molar-refractivity contribution >= 4 is 34.0 Å². The van der Waals surface area contributed by atoms with Crippen LogP contribution in [0.1, 0.15) is 12.2 Å². The first kappa shape index (κ1) is 19.3.